The summed E-state index contributed by atoms with van der Waals surface area (Å²) >= 11 is 0. The van der Waals surface area contributed by atoms with E-state index in [-0.39, 0.29) is 0 Å². The van der Waals surface area contributed by atoms with Crippen molar-refractivity contribution in [3.63, 3.8) is 0 Å². The van der Waals surface area contributed by atoms with Crippen molar-refractivity contribution in [2.24, 2.45) is 0 Å². The molecule has 2 rings (SSSR count). The smallest absolute Gasteiger partial charge is 0.122 e. The summed E-state index contributed by atoms with van der Waals surface area (Å²) in [5.74, 6) is 0. The highest BCUT2D eigenvalue weighted by Gasteiger charge is 2.28. The molecular weight excluding hydrogens is 195 g/mol. The largest absolute Gasteiger partial charge is 0.389 e. The lowest BCUT2D eigenvalue weighted by Gasteiger charge is -2.22. The van der Waals surface area contributed by atoms with E-state index < -0.39 is 13.2 Å². The fourth-order valence-corrected chi connectivity index (χ4v) is 4.21. The lowest BCUT2D eigenvalue weighted by molar-refractivity contribution is 0.244. The summed E-state index contributed by atoms with van der Waals surface area (Å²) in [7, 11) is -2.36. The SMILES string of the molecule is O=P1(c2ccccc2)CC=CC(O)C1. The van der Waals surface area contributed by atoms with E-state index in [1.54, 1.807) is 6.08 Å². The van der Waals surface area contributed by atoms with Crippen molar-refractivity contribution in [3.8, 4) is 0 Å². The maximum atomic E-state index is 12.4. The van der Waals surface area contributed by atoms with Gasteiger partial charge in [-0.1, -0.05) is 42.5 Å². The third kappa shape index (κ3) is 1.82. The molecule has 0 saturated heterocycles. The highest BCUT2D eigenvalue weighted by molar-refractivity contribution is 7.71. The molecule has 1 aromatic rings. The van der Waals surface area contributed by atoms with Crippen LogP contribution in [0.5, 0.6) is 0 Å². The van der Waals surface area contributed by atoms with Gasteiger partial charge in [0.2, 0.25) is 0 Å². The lowest BCUT2D eigenvalue weighted by Crippen LogP contribution is -2.21. The quantitative estimate of drug-likeness (QED) is 0.562. The number of allylic oxidation sites excluding steroid dienone is 1. The Labute approximate surface area is 83.6 Å². The van der Waals surface area contributed by atoms with Crippen molar-refractivity contribution in [1.29, 1.82) is 0 Å². The molecule has 14 heavy (non-hydrogen) atoms. The molecule has 1 N–H and O–H groups in total. The molecule has 1 heterocycles. The van der Waals surface area contributed by atoms with Gasteiger partial charge in [-0.2, -0.15) is 0 Å². The molecule has 74 valence electrons. The predicted molar refractivity (Wildman–Crippen MR) is 58.6 cm³/mol. The number of aliphatic hydroxyl groups is 1. The van der Waals surface area contributed by atoms with Crippen molar-refractivity contribution in [2.75, 3.05) is 12.3 Å². The molecule has 3 heteroatoms. The van der Waals surface area contributed by atoms with Crippen molar-refractivity contribution in [3.05, 3.63) is 42.5 Å². The fourth-order valence-electron chi connectivity index (χ4n) is 1.74. The van der Waals surface area contributed by atoms with Gasteiger partial charge in [0.05, 0.1) is 6.10 Å². The van der Waals surface area contributed by atoms with Crippen LogP contribution in [0.2, 0.25) is 0 Å². The topological polar surface area (TPSA) is 37.3 Å². The summed E-state index contributed by atoms with van der Waals surface area (Å²) in [4.78, 5) is 0. The van der Waals surface area contributed by atoms with Crippen molar-refractivity contribution in [1.82, 2.24) is 0 Å². The Morgan fingerprint density at radius 3 is 2.64 bits per heavy atom. The van der Waals surface area contributed by atoms with Gasteiger partial charge in [-0.3, -0.25) is 0 Å². The van der Waals surface area contributed by atoms with Gasteiger partial charge in [-0.15, -0.1) is 0 Å². The van der Waals surface area contributed by atoms with E-state index in [0.29, 0.717) is 12.3 Å². The van der Waals surface area contributed by atoms with E-state index in [1.165, 1.54) is 0 Å². The van der Waals surface area contributed by atoms with Crippen LogP contribution in [-0.2, 0) is 4.57 Å². The Bertz CT molecular complexity index is 384. The van der Waals surface area contributed by atoms with Crippen molar-refractivity contribution in [2.45, 2.75) is 6.10 Å². The van der Waals surface area contributed by atoms with E-state index in [9.17, 15) is 9.67 Å². The number of hydrogen-bond acceptors (Lipinski definition) is 2. The Morgan fingerprint density at radius 2 is 2.00 bits per heavy atom. The second-order valence-electron chi connectivity index (χ2n) is 3.59. The molecule has 0 spiro atoms. The van der Waals surface area contributed by atoms with Gasteiger partial charge in [0.1, 0.15) is 7.14 Å². The maximum absolute atomic E-state index is 12.4. The average molecular weight is 208 g/mol. The normalized spacial score (nSPS) is 31.6. The van der Waals surface area contributed by atoms with E-state index >= 15 is 0 Å². The van der Waals surface area contributed by atoms with E-state index in [2.05, 4.69) is 0 Å². The van der Waals surface area contributed by atoms with Crippen LogP contribution < -0.4 is 5.30 Å². The molecule has 0 radical (unpaired) electrons. The first-order chi connectivity index (χ1) is 6.71. The summed E-state index contributed by atoms with van der Waals surface area (Å²) in [5.41, 5.74) is 0. The minimum atomic E-state index is -2.36. The van der Waals surface area contributed by atoms with Gasteiger partial charge >= 0.3 is 0 Å². The average Bonchev–Trinajstić information content (AvgIpc) is 2.19. The lowest BCUT2D eigenvalue weighted by atomic mass is 10.3. The van der Waals surface area contributed by atoms with Gasteiger partial charge in [0.25, 0.3) is 0 Å². The monoisotopic (exact) mass is 208 g/mol. The molecule has 2 nitrogen and oxygen atoms in total. The van der Waals surface area contributed by atoms with Gasteiger partial charge < -0.3 is 9.67 Å². The standard InChI is InChI=1S/C11H13O2P/c12-10-5-4-8-14(13,9-10)11-6-2-1-3-7-11/h1-7,10,12H,8-9H2. The molecule has 0 saturated carbocycles. The minimum Gasteiger partial charge on any atom is -0.389 e. The summed E-state index contributed by atoms with van der Waals surface area (Å²) in [6.07, 6.45) is 3.96. The highest BCUT2D eigenvalue weighted by atomic mass is 31.2. The zero-order valence-corrected chi connectivity index (χ0v) is 8.73. The van der Waals surface area contributed by atoms with Crippen molar-refractivity contribution >= 4 is 12.4 Å². The first-order valence-corrected chi connectivity index (χ1v) is 6.77. The molecule has 1 aliphatic rings. The van der Waals surface area contributed by atoms with E-state index in [0.717, 1.165) is 5.30 Å². The van der Waals surface area contributed by atoms with E-state index in [1.807, 2.05) is 36.4 Å². The molecule has 1 aromatic carbocycles. The first kappa shape index (κ1) is 9.70. The van der Waals surface area contributed by atoms with Gasteiger partial charge in [-0.05, 0) is 0 Å². The second-order valence-corrected chi connectivity index (χ2v) is 6.61. The number of hydrogen-bond donors (Lipinski definition) is 1. The van der Waals surface area contributed by atoms with Crippen LogP contribution in [0.25, 0.3) is 0 Å². The zero-order chi connectivity index (χ0) is 10.0. The van der Waals surface area contributed by atoms with Crippen LogP contribution in [-0.4, -0.2) is 23.5 Å². The Morgan fingerprint density at radius 1 is 1.29 bits per heavy atom. The van der Waals surface area contributed by atoms with Gasteiger partial charge in [0, 0.05) is 17.6 Å². The highest BCUT2D eigenvalue weighted by Crippen LogP contribution is 2.46. The Balaban J connectivity index is 2.35. The van der Waals surface area contributed by atoms with Crippen LogP contribution in [0.15, 0.2) is 42.5 Å². The first-order valence-electron chi connectivity index (χ1n) is 4.69. The van der Waals surface area contributed by atoms with Crippen LogP contribution in [0.4, 0.5) is 0 Å². The molecule has 0 aromatic heterocycles. The number of benzene rings is 1. The predicted octanol–water partition coefficient (Wildman–Crippen LogP) is 1.61. The Hall–Kier alpha value is -0.850. The van der Waals surface area contributed by atoms with Crippen LogP contribution >= 0.6 is 7.14 Å². The molecule has 0 amide bonds. The van der Waals surface area contributed by atoms with Crippen LogP contribution in [0.1, 0.15) is 0 Å². The summed E-state index contributed by atoms with van der Waals surface area (Å²) in [6.45, 7) is 0. The zero-order valence-electron chi connectivity index (χ0n) is 7.84. The molecule has 2 atom stereocenters. The van der Waals surface area contributed by atoms with Crippen molar-refractivity contribution < 1.29 is 9.67 Å². The summed E-state index contributed by atoms with van der Waals surface area (Å²) < 4.78 is 12.4. The molecular formula is C11H13O2P. The number of rotatable bonds is 1. The van der Waals surface area contributed by atoms with Crippen LogP contribution in [0.3, 0.4) is 0 Å². The fraction of sp³-hybridized carbons (Fsp3) is 0.273. The maximum Gasteiger partial charge on any atom is 0.122 e. The van der Waals surface area contributed by atoms with Gasteiger partial charge in [0.15, 0.2) is 0 Å². The summed E-state index contributed by atoms with van der Waals surface area (Å²) in [6, 6.07) is 9.45. The number of aliphatic hydroxyl groups excluding tert-OH is 1. The minimum absolute atomic E-state index is 0.382. The Kier molecular flexibility index (Phi) is 2.58. The molecule has 1 aliphatic heterocycles. The van der Waals surface area contributed by atoms with E-state index in [4.69, 9.17) is 0 Å². The molecule has 2 unspecified atom stereocenters. The van der Waals surface area contributed by atoms with Gasteiger partial charge in [-0.25, -0.2) is 0 Å². The van der Waals surface area contributed by atoms with Crippen LogP contribution in [0, 0.1) is 0 Å². The summed E-state index contributed by atoms with van der Waals surface area (Å²) in [5, 5.41) is 10.3. The third-order valence-electron chi connectivity index (χ3n) is 2.47. The molecule has 0 fully saturated rings. The molecule has 0 bridgehead atoms. The molecule has 0 aliphatic carbocycles. The second kappa shape index (κ2) is 3.72. The third-order valence-corrected chi connectivity index (χ3v) is 5.47.